The van der Waals surface area contributed by atoms with Gasteiger partial charge in [-0.2, -0.15) is 13.2 Å². The number of aryl methyl sites for hydroxylation is 1. The van der Waals surface area contributed by atoms with Crippen LogP contribution in [0.25, 0.3) is 0 Å². The minimum atomic E-state index is -4.41. The third-order valence-corrected chi connectivity index (χ3v) is 5.62. The number of benzene rings is 2. The van der Waals surface area contributed by atoms with Crippen molar-refractivity contribution in [1.29, 1.82) is 0 Å². The Labute approximate surface area is 177 Å². The molecule has 0 bridgehead atoms. The zero-order valence-corrected chi connectivity index (χ0v) is 17.1. The first kappa shape index (κ1) is 21.0. The Morgan fingerprint density at radius 1 is 1.23 bits per heavy atom. The molecule has 1 amide bonds. The highest BCUT2D eigenvalue weighted by molar-refractivity contribution is 5.83. The normalized spacial score (nSPS) is 19.0. The Balaban J connectivity index is 1.57. The van der Waals surface area contributed by atoms with E-state index in [4.69, 9.17) is 4.74 Å². The zero-order chi connectivity index (χ0) is 22.2. The maximum absolute atomic E-state index is 13.0. The van der Waals surface area contributed by atoms with Crippen molar-refractivity contribution in [3.63, 3.8) is 0 Å². The van der Waals surface area contributed by atoms with Gasteiger partial charge in [-0.25, -0.2) is 4.98 Å². The molecule has 1 aromatic heterocycles. The molecule has 3 unspecified atom stereocenters. The number of hydrogen-bond donors (Lipinski definition) is 1. The third-order valence-electron chi connectivity index (χ3n) is 5.62. The fourth-order valence-electron chi connectivity index (χ4n) is 3.89. The molecule has 0 aliphatic heterocycles. The Bertz CT molecular complexity index is 1090. The Morgan fingerprint density at radius 2 is 2.00 bits per heavy atom. The molecule has 3 aromatic rings. The van der Waals surface area contributed by atoms with E-state index in [1.807, 2.05) is 29.8 Å². The summed E-state index contributed by atoms with van der Waals surface area (Å²) in [4.78, 5) is 17.4. The standard InChI is InChI=1S/C23H22F3N3O2/c1-29-11-10-27-21(29)20(16-8-3-4-9-19(16)31-2)28-22(30)18-13-17(18)14-6-5-7-15(12-14)23(24,25)26/h3-12,17-18,20H,13H2,1-2H3,(H,28,30). The number of hydrogen-bond acceptors (Lipinski definition) is 3. The minimum Gasteiger partial charge on any atom is -0.496 e. The monoisotopic (exact) mass is 429 g/mol. The second-order valence-electron chi connectivity index (χ2n) is 7.65. The summed E-state index contributed by atoms with van der Waals surface area (Å²) in [6, 6.07) is 12.0. The van der Waals surface area contributed by atoms with E-state index in [9.17, 15) is 18.0 Å². The lowest BCUT2D eigenvalue weighted by Gasteiger charge is -2.21. The van der Waals surface area contributed by atoms with Gasteiger partial charge in [0.25, 0.3) is 0 Å². The smallest absolute Gasteiger partial charge is 0.416 e. The van der Waals surface area contributed by atoms with Crippen molar-refractivity contribution in [3.05, 3.63) is 83.4 Å². The van der Waals surface area contributed by atoms with Crippen LogP contribution in [0.1, 0.15) is 40.9 Å². The molecule has 1 aliphatic carbocycles. The lowest BCUT2D eigenvalue weighted by Crippen LogP contribution is -2.32. The van der Waals surface area contributed by atoms with E-state index in [1.54, 1.807) is 31.6 Å². The van der Waals surface area contributed by atoms with Crippen LogP contribution in [0.3, 0.4) is 0 Å². The number of amides is 1. The van der Waals surface area contributed by atoms with E-state index in [0.717, 1.165) is 17.7 Å². The summed E-state index contributed by atoms with van der Waals surface area (Å²) >= 11 is 0. The fourth-order valence-corrected chi connectivity index (χ4v) is 3.89. The molecule has 1 saturated carbocycles. The van der Waals surface area contributed by atoms with Gasteiger partial charge in [-0.3, -0.25) is 4.79 Å². The lowest BCUT2D eigenvalue weighted by molar-refractivity contribution is -0.137. The summed E-state index contributed by atoms with van der Waals surface area (Å²) < 4.78 is 46.4. The molecular weight excluding hydrogens is 407 g/mol. The molecule has 1 N–H and O–H groups in total. The third kappa shape index (κ3) is 4.28. The SMILES string of the molecule is COc1ccccc1C(NC(=O)C1CC1c1cccc(C(F)(F)F)c1)c1nccn1C. The van der Waals surface area contributed by atoms with Gasteiger partial charge in [-0.05, 0) is 30.0 Å². The maximum Gasteiger partial charge on any atom is 0.416 e. The lowest BCUT2D eigenvalue weighted by atomic mass is 10.0. The predicted molar refractivity (Wildman–Crippen MR) is 108 cm³/mol. The van der Waals surface area contributed by atoms with E-state index in [1.165, 1.54) is 6.07 Å². The van der Waals surface area contributed by atoms with Crippen LogP contribution in [0.4, 0.5) is 13.2 Å². The second-order valence-corrected chi connectivity index (χ2v) is 7.65. The van der Waals surface area contributed by atoms with Crippen LogP contribution in [-0.4, -0.2) is 22.6 Å². The Hall–Kier alpha value is -3.29. The van der Waals surface area contributed by atoms with Crippen molar-refractivity contribution in [2.75, 3.05) is 7.11 Å². The molecule has 31 heavy (non-hydrogen) atoms. The number of para-hydroxylation sites is 1. The molecule has 1 heterocycles. The van der Waals surface area contributed by atoms with Crippen molar-refractivity contribution in [3.8, 4) is 5.75 Å². The van der Waals surface area contributed by atoms with Gasteiger partial charge >= 0.3 is 6.18 Å². The van der Waals surface area contributed by atoms with Crippen molar-refractivity contribution in [1.82, 2.24) is 14.9 Å². The number of ether oxygens (including phenoxy) is 1. The highest BCUT2D eigenvalue weighted by Crippen LogP contribution is 2.49. The average molecular weight is 429 g/mol. The number of imidazole rings is 1. The molecule has 4 rings (SSSR count). The number of rotatable bonds is 6. The molecule has 8 heteroatoms. The largest absolute Gasteiger partial charge is 0.496 e. The number of carbonyl (C=O) groups is 1. The van der Waals surface area contributed by atoms with Crippen molar-refractivity contribution in [2.45, 2.75) is 24.6 Å². The summed E-state index contributed by atoms with van der Waals surface area (Å²) in [6.45, 7) is 0. The quantitative estimate of drug-likeness (QED) is 0.630. The van der Waals surface area contributed by atoms with Crippen molar-refractivity contribution < 1.29 is 22.7 Å². The summed E-state index contributed by atoms with van der Waals surface area (Å²) in [7, 11) is 3.39. The molecule has 162 valence electrons. The predicted octanol–water partition coefficient (Wildman–Crippen LogP) is 4.46. The van der Waals surface area contributed by atoms with Crippen molar-refractivity contribution in [2.24, 2.45) is 13.0 Å². The van der Waals surface area contributed by atoms with Gasteiger partial charge in [0.05, 0.1) is 12.7 Å². The van der Waals surface area contributed by atoms with E-state index in [2.05, 4.69) is 10.3 Å². The van der Waals surface area contributed by atoms with Crippen LogP contribution < -0.4 is 10.1 Å². The van der Waals surface area contributed by atoms with E-state index in [-0.39, 0.29) is 17.7 Å². The number of nitrogens with zero attached hydrogens (tertiary/aromatic N) is 2. The van der Waals surface area contributed by atoms with Gasteiger partial charge in [-0.15, -0.1) is 0 Å². The molecule has 1 aliphatic rings. The highest BCUT2D eigenvalue weighted by Gasteiger charge is 2.45. The van der Waals surface area contributed by atoms with E-state index < -0.39 is 17.8 Å². The number of methoxy groups -OCH3 is 1. The maximum atomic E-state index is 13.0. The fraction of sp³-hybridized carbons (Fsp3) is 0.304. The van der Waals surface area contributed by atoms with E-state index >= 15 is 0 Å². The van der Waals surface area contributed by atoms with Gasteiger partial charge in [0.2, 0.25) is 5.91 Å². The molecule has 0 saturated heterocycles. The van der Waals surface area contributed by atoms with Gasteiger partial charge in [0.15, 0.2) is 0 Å². The first-order valence-corrected chi connectivity index (χ1v) is 9.87. The molecule has 3 atom stereocenters. The van der Waals surface area contributed by atoms with Gasteiger partial charge in [0, 0.05) is 30.9 Å². The summed E-state index contributed by atoms with van der Waals surface area (Å²) in [5, 5.41) is 3.03. The van der Waals surface area contributed by atoms with Gasteiger partial charge in [0.1, 0.15) is 17.6 Å². The molecule has 5 nitrogen and oxygen atoms in total. The molecule has 1 fully saturated rings. The van der Waals surface area contributed by atoms with Crippen molar-refractivity contribution >= 4 is 5.91 Å². The van der Waals surface area contributed by atoms with Crippen LogP contribution in [0, 0.1) is 5.92 Å². The van der Waals surface area contributed by atoms with Crippen LogP contribution in [-0.2, 0) is 18.0 Å². The first-order valence-electron chi connectivity index (χ1n) is 9.87. The number of carbonyl (C=O) groups excluding carboxylic acids is 1. The molecule has 2 aromatic carbocycles. The average Bonchev–Trinajstić information content (AvgIpc) is 3.46. The topological polar surface area (TPSA) is 56.1 Å². The van der Waals surface area contributed by atoms with E-state index in [0.29, 0.717) is 23.6 Å². The van der Waals surface area contributed by atoms with Crippen LogP contribution in [0.15, 0.2) is 60.9 Å². The van der Waals surface area contributed by atoms with Crippen LogP contribution >= 0.6 is 0 Å². The zero-order valence-electron chi connectivity index (χ0n) is 17.1. The minimum absolute atomic E-state index is 0.221. The Morgan fingerprint density at radius 3 is 2.68 bits per heavy atom. The molecular formula is C23H22F3N3O2. The highest BCUT2D eigenvalue weighted by atomic mass is 19.4. The summed E-state index contributed by atoms with van der Waals surface area (Å²) in [5.41, 5.74) is 0.584. The number of halogens is 3. The summed E-state index contributed by atoms with van der Waals surface area (Å²) in [6.07, 6.45) is -0.471. The van der Waals surface area contributed by atoms with Crippen LogP contribution in [0.2, 0.25) is 0 Å². The molecule has 0 radical (unpaired) electrons. The first-order chi connectivity index (χ1) is 14.8. The summed E-state index contributed by atoms with van der Waals surface area (Å²) in [5.74, 6) is 0.402. The van der Waals surface area contributed by atoms with Crippen LogP contribution in [0.5, 0.6) is 5.75 Å². The van der Waals surface area contributed by atoms with Gasteiger partial charge < -0.3 is 14.6 Å². The molecule has 0 spiro atoms. The number of nitrogens with one attached hydrogen (secondary N) is 1. The number of alkyl halides is 3. The second kappa shape index (κ2) is 8.09. The number of aromatic nitrogens is 2. The Kier molecular flexibility index (Phi) is 5.47. The van der Waals surface area contributed by atoms with Gasteiger partial charge in [-0.1, -0.05) is 36.4 Å².